The van der Waals surface area contributed by atoms with Crippen LogP contribution in [0.1, 0.15) is 35.3 Å². The number of anilines is 1. The molecule has 0 aliphatic carbocycles. The highest BCUT2D eigenvalue weighted by Gasteiger charge is 2.18. The number of nitrogens with one attached hydrogen (secondary N) is 2. The Morgan fingerprint density at radius 2 is 1.96 bits per heavy atom. The van der Waals surface area contributed by atoms with Crippen molar-refractivity contribution >= 4 is 23.4 Å². The first kappa shape index (κ1) is 17.0. The fraction of sp³-hybridized carbons (Fsp3) is 0.316. The maximum absolute atomic E-state index is 14.6. The lowest BCUT2D eigenvalue weighted by molar-refractivity contribution is 0.102. The molecule has 126 valence electrons. The summed E-state index contributed by atoms with van der Waals surface area (Å²) < 4.78 is 14.6. The van der Waals surface area contributed by atoms with Crippen molar-refractivity contribution in [3.8, 4) is 0 Å². The van der Waals surface area contributed by atoms with Gasteiger partial charge in [-0.2, -0.15) is 0 Å². The maximum Gasteiger partial charge on any atom is 0.255 e. The Bertz CT molecular complexity index is 744. The lowest BCUT2D eigenvalue weighted by Crippen LogP contribution is -2.25. The molecule has 3 nitrogen and oxygen atoms in total. The number of hydrogen-bond acceptors (Lipinski definition) is 3. The van der Waals surface area contributed by atoms with Crippen LogP contribution >= 0.6 is 11.8 Å². The Labute approximate surface area is 146 Å². The van der Waals surface area contributed by atoms with Gasteiger partial charge in [-0.1, -0.05) is 19.9 Å². The third-order valence-electron chi connectivity index (χ3n) is 3.94. The van der Waals surface area contributed by atoms with E-state index < -0.39 is 0 Å². The maximum atomic E-state index is 14.6. The smallest absolute Gasteiger partial charge is 0.255 e. The third-order valence-corrected chi connectivity index (χ3v) is 4.96. The summed E-state index contributed by atoms with van der Waals surface area (Å²) >= 11 is 1.74. The first-order chi connectivity index (χ1) is 11.5. The standard InChI is InChI=1S/C19H21FN2OS/c1-12(2)24-15-6-3-13(4-7-15)19(23)22-17-8-5-14-11-21-10-9-16(14)18(17)20/h3-8,12,21H,9-11H2,1-2H3,(H,22,23). The molecule has 1 amide bonds. The van der Waals surface area contributed by atoms with Crippen molar-refractivity contribution in [1.29, 1.82) is 0 Å². The molecule has 0 radical (unpaired) electrons. The topological polar surface area (TPSA) is 41.1 Å². The van der Waals surface area contributed by atoms with Crippen LogP contribution in [0.25, 0.3) is 0 Å². The molecule has 1 aliphatic rings. The zero-order valence-electron chi connectivity index (χ0n) is 13.9. The Kier molecular flexibility index (Phi) is 5.21. The summed E-state index contributed by atoms with van der Waals surface area (Å²) in [7, 11) is 0. The second kappa shape index (κ2) is 7.36. The first-order valence-corrected chi connectivity index (χ1v) is 9.01. The molecule has 24 heavy (non-hydrogen) atoms. The summed E-state index contributed by atoms with van der Waals surface area (Å²) in [6, 6.07) is 10.9. The third kappa shape index (κ3) is 3.79. The average molecular weight is 344 g/mol. The van der Waals surface area contributed by atoms with Gasteiger partial charge < -0.3 is 10.6 Å². The van der Waals surface area contributed by atoms with E-state index in [9.17, 15) is 9.18 Å². The van der Waals surface area contributed by atoms with E-state index in [1.54, 1.807) is 30.0 Å². The number of carbonyl (C=O) groups excluding carboxylic acids is 1. The lowest BCUT2D eigenvalue weighted by Gasteiger charge is -2.19. The molecule has 3 rings (SSSR count). The van der Waals surface area contributed by atoms with Crippen LogP contribution in [-0.4, -0.2) is 17.7 Å². The van der Waals surface area contributed by atoms with Gasteiger partial charge in [-0.25, -0.2) is 4.39 Å². The largest absolute Gasteiger partial charge is 0.319 e. The molecule has 0 spiro atoms. The van der Waals surface area contributed by atoms with Gasteiger partial charge in [0.2, 0.25) is 0 Å². The van der Waals surface area contributed by atoms with Gasteiger partial charge in [0.25, 0.3) is 5.91 Å². The van der Waals surface area contributed by atoms with Crippen molar-refractivity contribution in [3.05, 3.63) is 58.9 Å². The van der Waals surface area contributed by atoms with E-state index in [1.165, 1.54) is 0 Å². The minimum atomic E-state index is -0.311. The first-order valence-electron chi connectivity index (χ1n) is 8.13. The van der Waals surface area contributed by atoms with Crippen LogP contribution < -0.4 is 10.6 Å². The number of rotatable bonds is 4. The number of amides is 1. The molecule has 1 heterocycles. The molecule has 1 aliphatic heterocycles. The van der Waals surface area contributed by atoms with E-state index >= 15 is 0 Å². The number of hydrogen-bond donors (Lipinski definition) is 2. The molecule has 0 bridgehead atoms. The van der Waals surface area contributed by atoms with Crippen LogP contribution in [0.15, 0.2) is 41.3 Å². The number of halogens is 1. The lowest BCUT2D eigenvalue weighted by atomic mass is 9.99. The van der Waals surface area contributed by atoms with Gasteiger partial charge in [0, 0.05) is 22.3 Å². The minimum Gasteiger partial charge on any atom is -0.319 e. The summed E-state index contributed by atoms with van der Waals surface area (Å²) in [5, 5.41) is 6.40. The Hall–Kier alpha value is -1.85. The van der Waals surface area contributed by atoms with E-state index in [0.717, 1.165) is 17.0 Å². The summed E-state index contributed by atoms with van der Waals surface area (Å²) in [6.45, 7) is 5.69. The van der Waals surface area contributed by atoms with Gasteiger partial charge in [0.1, 0.15) is 5.82 Å². The molecular weight excluding hydrogens is 323 g/mol. The minimum absolute atomic E-state index is 0.251. The van der Waals surface area contributed by atoms with Crippen LogP contribution in [0, 0.1) is 5.82 Å². The molecule has 0 aromatic heterocycles. The summed E-state index contributed by atoms with van der Waals surface area (Å²) in [6.07, 6.45) is 0.645. The van der Waals surface area contributed by atoms with E-state index in [-0.39, 0.29) is 17.4 Å². The highest BCUT2D eigenvalue weighted by molar-refractivity contribution is 7.99. The zero-order valence-corrected chi connectivity index (χ0v) is 14.7. The van der Waals surface area contributed by atoms with Gasteiger partial charge in [-0.3, -0.25) is 4.79 Å². The van der Waals surface area contributed by atoms with Crippen molar-refractivity contribution < 1.29 is 9.18 Å². The van der Waals surface area contributed by atoms with E-state index in [2.05, 4.69) is 24.5 Å². The van der Waals surface area contributed by atoms with Crippen LogP contribution in [0.4, 0.5) is 10.1 Å². The van der Waals surface area contributed by atoms with E-state index in [4.69, 9.17) is 0 Å². The molecule has 5 heteroatoms. The number of benzene rings is 2. The van der Waals surface area contributed by atoms with Crippen LogP contribution in [0.2, 0.25) is 0 Å². The molecule has 2 N–H and O–H groups in total. The van der Waals surface area contributed by atoms with Crippen molar-refractivity contribution in [2.75, 3.05) is 11.9 Å². The van der Waals surface area contributed by atoms with Crippen LogP contribution in [0.5, 0.6) is 0 Å². The quantitative estimate of drug-likeness (QED) is 0.816. The van der Waals surface area contributed by atoms with Crippen molar-refractivity contribution in [2.45, 2.75) is 37.0 Å². The Morgan fingerprint density at radius 3 is 2.67 bits per heavy atom. The number of thioether (sulfide) groups is 1. The fourth-order valence-electron chi connectivity index (χ4n) is 2.78. The Balaban J connectivity index is 1.75. The predicted octanol–water partition coefficient (Wildman–Crippen LogP) is 4.22. The Morgan fingerprint density at radius 1 is 1.21 bits per heavy atom. The normalized spacial score (nSPS) is 13.7. The predicted molar refractivity (Wildman–Crippen MR) is 97.2 cm³/mol. The summed E-state index contributed by atoms with van der Waals surface area (Å²) in [5.41, 5.74) is 2.45. The zero-order chi connectivity index (χ0) is 17.1. The summed E-state index contributed by atoms with van der Waals surface area (Å²) in [4.78, 5) is 13.5. The van der Waals surface area contributed by atoms with Crippen LogP contribution in [-0.2, 0) is 13.0 Å². The van der Waals surface area contributed by atoms with E-state index in [1.807, 2.05) is 18.2 Å². The highest BCUT2D eigenvalue weighted by Crippen LogP contribution is 2.26. The van der Waals surface area contributed by atoms with Crippen molar-refractivity contribution in [3.63, 3.8) is 0 Å². The molecule has 2 aromatic carbocycles. The van der Waals surface area contributed by atoms with Crippen molar-refractivity contribution in [2.24, 2.45) is 0 Å². The fourth-order valence-corrected chi connectivity index (χ4v) is 3.62. The molecule has 0 saturated heterocycles. The van der Waals surface area contributed by atoms with E-state index in [0.29, 0.717) is 29.3 Å². The molecule has 0 unspecified atom stereocenters. The second-order valence-electron chi connectivity index (χ2n) is 6.14. The van der Waals surface area contributed by atoms with Gasteiger partial charge in [0.15, 0.2) is 0 Å². The van der Waals surface area contributed by atoms with Crippen LogP contribution in [0.3, 0.4) is 0 Å². The highest BCUT2D eigenvalue weighted by atomic mass is 32.2. The SMILES string of the molecule is CC(C)Sc1ccc(C(=O)Nc2ccc3c(c2F)CCNC3)cc1. The van der Waals surface area contributed by atoms with Crippen molar-refractivity contribution in [1.82, 2.24) is 5.32 Å². The molecule has 0 saturated carbocycles. The van der Waals surface area contributed by atoms with Gasteiger partial charge >= 0.3 is 0 Å². The van der Waals surface area contributed by atoms with Gasteiger partial charge in [0.05, 0.1) is 5.69 Å². The molecule has 0 atom stereocenters. The second-order valence-corrected chi connectivity index (χ2v) is 7.79. The molecular formula is C19H21FN2OS. The van der Waals surface area contributed by atoms with Gasteiger partial charge in [-0.15, -0.1) is 11.8 Å². The molecule has 0 fully saturated rings. The van der Waals surface area contributed by atoms with Gasteiger partial charge in [-0.05, 0) is 54.4 Å². The monoisotopic (exact) mass is 344 g/mol. The molecule has 2 aromatic rings. The number of carbonyl (C=O) groups is 1. The number of fused-ring (bicyclic) bond motifs is 1. The average Bonchev–Trinajstić information content (AvgIpc) is 2.57. The summed E-state index contributed by atoms with van der Waals surface area (Å²) in [5.74, 6) is -0.599.